The molecule has 0 spiro atoms. The number of nitrogens with one attached hydrogen (secondary N) is 1. The Morgan fingerprint density at radius 3 is 2.61 bits per heavy atom. The molecular weight excluding hydrogens is 422 g/mol. The fourth-order valence-electron chi connectivity index (χ4n) is 3.09. The molecule has 1 saturated heterocycles. The van der Waals surface area contributed by atoms with Crippen molar-refractivity contribution in [3.05, 3.63) is 46.7 Å². The number of nitrogens with zero attached hydrogens (tertiary/aromatic N) is 2. The number of carbonyl (C=O) groups is 4. The van der Waals surface area contributed by atoms with Crippen LogP contribution in [0.3, 0.4) is 0 Å². The number of methoxy groups -OCH3 is 1. The van der Waals surface area contributed by atoms with Crippen molar-refractivity contribution in [2.75, 3.05) is 12.9 Å². The minimum atomic E-state index is -1.25. The molecule has 2 atom stereocenters. The van der Waals surface area contributed by atoms with Gasteiger partial charge in [-0.05, 0) is 37.1 Å². The summed E-state index contributed by atoms with van der Waals surface area (Å²) in [6.07, 6.45) is 0.0474. The summed E-state index contributed by atoms with van der Waals surface area (Å²) in [4.78, 5) is 49.4. The molecule has 0 aliphatic carbocycles. The molecule has 1 aromatic carbocycles. The maximum absolute atomic E-state index is 12.7. The number of hydrogen-bond acceptors (Lipinski definition) is 7. The van der Waals surface area contributed by atoms with Gasteiger partial charge in [0.2, 0.25) is 5.91 Å². The first kappa shape index (κ1) is 24.0. The molecule has 31 heavy (non-hydrogen) atoms. The topological polar surface area (TPSA) is 137 Å². The Bertz CT molecular complexity index is 964. The van der Waals surface area contributed by atoms with E-state index in [0.717, 1.165) is 4.90 Å². The molecule has 10 heteroatoms. The minimum absolute atomic E-state index is 0.0344. The quantitative estimate of drug-likeness (QED) is 0.331. The summed E-state index contributed by atoms with van der Waals surface area (Å²) in [7, 11) is 1.27. The molecular formula is C21H23N3O6S. The van der Waals surface area contributed by atoms with Gasteiger partial charge in [0.15, 0.2) is 0 Å². The van der Waals surface area contributed by atoms with Crippen molar-refractivity contribution < 1.29 is 29.0 Å². The molecule has 0 aromatic heterocycles. The number of ether oxygens (including phenoxy) is 1. The highest BCUT2D eigenvalue weighted by molar-refractivity contribution is 8.00. The number of benzene rings is 1. The molecule has 164 valence electrons. The number of β-lactam (4-membered cyclic amide) rings is 1. The molecule has 1 heterocycles. The number of rotatable bonds is 9. The van der Waals surface area contributed by atoms with Crippen LogP contribution < -0.4 is 5.32 Å². The Morgan fingerprint density at radius 2 is 2.03 bits per heavy atom. The van der Waals surface area contributed by atoms with E-state index in [9.17, 15) is 24.3 Å². The van der Waals surface area contributed by atoms with Crippen molar-refractivity contribution >= 4 is 35.5 Å². The van der Waals surface area contributed by atoms with Crippen LogP contribution in [-0.4, -0.2) is 58.0 Å². The highest BCUT2D eigenvalue weighted by Gasteiger charge is 2.51. The van der Waals surface area contributed by atoms with Crippen molar-refractivity contribution in [1.82, 2.24) is 10.2 Å². The van der Waals surface area contributed by atoms with Gasteiger partial charge in [0.05, 0.1) is 31.6 Å². The van der Waals surface area contributed by atoms with Crippen LogP contribution in [0.4, 0.5) is 0 Å². The van der Waals surface area contributed by atoms with E-state index in [-0.39, 0.29) is 24.3 Å². The van der Waals surface area contributed by atoms with Crippen LogP contribution in [0.2, 0.25) is 0 Å². The summed E-state index contributed by atoms with van der Waals surface area (Å²) in [5.74, 6) is -2.35. The van der Waals surface area contributed by atoms with Gasteiger partial charge >= 0.3 is 11.9 Å². The number of thioether (sulfide) groups is 1. The van der Waals surface area contributed by atoms with E-state index in [1.165, 1.54) is 18.9 Å². The molecule has 1 aliphatic heterocycles. The summed E-state index contributed by atoms with van der Waals surface area (Å²) >= 11 is 1.19. The molecule has 0 bridgehead atoms. The second-order valence-electron chi connectivity index (χ2n) is 6.98. The molecule has 2 rings (SSSR count). The monoisotopic (exact) mass is 445 g/mol. The van der Waals surface area contributed by atoms with Gasteiger partial charge in [-0.1, -0.05) is 12.1 Å². The average Bonchev–Trinajstić information content (AvgIpc) is 2.73. The van der Waals surface area contributed by atoms with Crippen LogP contribution >= 0.6 is 11.8 Å². The Labute approximate surface area is 184 Å². The van der Waals surface area contributed by atoms with Gasteiger partial charge in [0, 0.05) is 5.75 Å². The van der Waals surface area contributed by atoms with E-state index in [1.54, 1.807) is 38.1 Å². The van der Waals surface area contributed by atoms with Crippen molar-refractivity contribution in [2.24, 2.45) is 0 Å². The lowest BCUT2D eigenvalue weighted by molar-refractivity contribution is -0.150. The third-order valence-corrected chi connectivity index (χ3v) is 5.78. The number of nitriles is 1. The zero-order valence-corrected chi connectivity index (χ0v) is 18.2. The first-order valence-electron chi connectivity index (χ1n) is 9.40. The molecule has 2 amide bonds. The Hall–Kier alpha value is -3.32. The van der Waals surface area contributed by atoms with Crippen LogP contribution in [0.1, 0.15) is 31.4 Å². The summed E-state index contributed by atoms with van der Waals surface area (Å²) in [5.41, 5.74) is 1.33. The maximum atomic E-state index is 12.7. The third-order valence-electron chi connectivity index (χ3n) is 4.52. The second kappa shape index (κ2) is 10.6. The van der Waals surface area contributed by atoms with Crippen LogP contribution in [0.15, 0.2) is 35.5 Å². The number of allylic oxidation sites excluding steroid dienone is 1. The molecule has 0 radical (unpaired) electrons. The molecule has 9 nitrogen and oxygen atoms in total. The van der Waals surface area contributed by atoms with Crippen LogP contribution in [0, 0.1) is 11.3 Å². The van der Waals surface area contributed by atoms with E-state index < -0.39 is 35.2 Å². The van der Waals surface area contributed by atoms with Crippen LogP contribution in [0.5, 0.6) is 0 Å². The zero-order chi connectivity index (χ0) is 23.1. The van der Waals surface area contributed by atoms with E-state index in [0.29, 0.717) is 16.7 Å². The number of esters is 1. The molecule has 1 fully saturated rings. The third kappa shape index (κ3) is 5.86. The van der Waals surface area contributed by atoms with E-state index >= 15 is 0 Å². The minimum Gasteiger partial charge on any atom is -0.477 e. The number of hydrogen-bond donors (Lipinski definition) is 2. The SMILES string of the molecule is COC(=O)CCSC1C(NC(=O)Cc2cccc(C#N)c2)C(=O)N1C(C(=O)O)=C(C)C. The lowest BCUT2D eigenvalue weighted by Crippen LogP contribution is -2.69. The maximum Gasteiger partial charge on any atom is 0.352 e. The van der Waals surface area contributed by atoms with Crippen molar-refractivity contribution in [1.29, 1.82) is 5.26 Å². The summed E-state index contributed by atoms with van der Waals surface area (Å²) in [6, 6.07) is 7.64. The van der Waals surface area contributed by atoms with E-state index in [1.807, 2.05) is 6.07 Å². The predicted molar refractivity (Wildman–Crippen MR) is 113 cm³/mol. The van der Waals surface area contributed by atoms with Gasteiger partial charge in [0.25, 0.3) is 5.91 Å². The molecule has 1 aliphatic rings. The van der Waals surface area contributed by atoms with E-state index in [2.05, 4.69) is 10.1 Å². The Balaban J connectivity index is 2.15. The first-order chi connectivity index (χ1) is 14.7. The normalized spacial score (nSPS) is 17.2. The van der Waals surface area contributed by atoms with Crippen LogP contribution in [0.25, 0.3) is 0 Å². The van der Waals surface area contributed by atoms with Gasteiger partial charge in [-0.3, -0.25) is 19.3 Å². The highest BCUT2D eigenvalue weighted by atomic mass is 32.2. The molecule has 2 unspecified atom stereocenters. The first-order valence-corrected chi connectivity index (χ1v) is 10.4. The van der Waals surface area contributed by atoms with Crippen molar-refractivity contribution in [3.8, 4) is 6.07 Å². The standard InChI is InChI=1S/C21H23N3O6S/c1-12(2)18(21(28)29)24-19(27)17(20(24)31-8-7-16(26)30-3)23-15(25)10-13-5-4-6-14(9-13)11-22/h4-6,9,17,20H,7-8,10H2,1-3H3,(H,23,25)(H,28,29). The highest BCUT2D eigenvalue weighted by Crippen LogP contribution is 2.35. The zero-order valence-electron chi connectivity index (χ0n) is 17.4. The Morgan fingerprint density at radius 1 is 1.32 bits per heavy atom. The number of amides is 2. The van der Waals surface area contributed by atoms with Gasteiger partial charge in [-0.2, -0.15) is 5.26 Å². The summed E-state index contributed by atoms with van der Waals surface area (Å²) < 4.78 is 4.60. The number of carboxylic acid groups (broad SMARTS) is 1. The largest absolute Gasteiger partial charge is 0.477 e. The van der Waals surface area contributed by atoms with Gasteiger partial charge in [0.1, 0.15) is 17.1 Å². The average molecular weight is 445 g/mol. The molecule has 2 N–H and O–H groups in total. The summed E-state index contributed by atoms with van der Waals surface area (Å²) in [6.45, 7) is 3.17. The van der Waals surface area contributed by atoms with E-state index in [4.69, 9.17) is 5.26 Å². The number of aliphatic carboxylic acids is 1. The van der Waals surface area contributed by atoms with Crippen molar-refractivity contribution in [3.63, 3.8) is 0 Å². The van der Waals surface area contributed by atoms with Crippen LogP contribution in [-0.2, 0) is 30.3 Å². The van der Waals surface area contributed by atoms with Crippen molar-refractivity contribution in [2.45, 2.75) is 38.1 Å². The molecule has 0 saturated carbocycles. The number of likely N-dealkylation sites (tertiary alicyclic amines) is 1. The lowest BCUT2D eigenvalue weighted by Gasteiger charge is -2.47. The second-order valence-corrected chi connectivity index (χ2v) is 8.21. The number of carboxylic acids is 1. The fourth-order valence-corrected chi connectivity index (χ4v) is 4.35. The smallest absolute Gasteiger partial charge is 0.352 e. The predicted octanol–water partition coefficient (Wildman–Crippen LogP) is 1.43. The lowest BCUT2D eigenvalue weighted by atomic mass is 10.0. The van der Waals surface area contributed by atoms with Gasteiger partial charge in [-0.25, -0.2) is 4.79 Å². The molecule has 1 aromatic rings. The number of carbonyl (C=O) groups excluding carboxylic acids is 3. The summed E-state index contributed by atoms with van der Waals surface area (Å²) in [5, 5.41) is 20.5. The van der Waals surface area contributed by atoms with Gasteiger partial charge < -0.3 is 15.2 Å². The Kier molecular flexibility index (Phi) is 8.22. The van der Waals surface area contributed by atoms with Gasteiger partial charge in [-0.15, -0.1) is 11.8 Å². The fraction of sp³-hybridized carbons (Fsp3) is 0.381.